The fourth-order valence-electron chi connectivity index (χ4n) is 2.28. The van der Waals surface area contributed by atoms with Crippen molar-refractivity contribution in [1.29, 1.82) is 0 Å². The van der Waals surface area contributed by atoms with Gasteiger partial charge in [-0.3, -0.25) is 0 Å². The van der Waals surface area contributed by atoms with Crippen LogP contribution in [0.5, 0.6) is 5.75 Å². The summed E-state index contributed by atoms with van der Waals surface area (Å²) >= 11 is 0. The summed E-state index contributed by atoms with van der Waals surface area (Å²) in [5, 5.41) is 3.13. The van der Waals surface area contributed by atoms with Gasteiger partial charge < -0.3 is 10.1 Å². The Morgan fingerprint density at radius 2 is 1.85 bits per heavy atom. The SMILES string of the molecule is CNC(c1ccc(F)c(OC)c1)c1cc(F)ccc1C. The maximum Gasteiger partial charge on any atom is 0.165 e. The number of methoxy groups -OCH3 is 1. The van der Waals surface area contributed by atoms with Crippen molar-refractivity contribution in [2.75, 3.05) is 14.2 Å². The highest BCUT2D eigenvalue weighted by molar-refractivity contribution is 5.40. The summed E-state index contributed by atoms with van der Waals surface area (Å²) in [7, 11) is 3.20. The average Bonchev–Trinajstić information content (AvgIpc) is 2.45. The maximum atomic E-state index is 13.5. The molecule has 0 amide bonds. The zero-order chi connectivity index (χ0) is 14.7. The molecular weight excluding hydrogens is 260 g/mol. The van der Waals surface area contributed by atoms with Crippen molar-refractivity contribution in [3.8, 4) is 5.75 Å². The average molecular weight is 277 g/mol. The molecule has 1 atom stereocenters. The molecule has 0 radical (unpaired) electrons. The van der Waals surface area contributed by atoms with Crippen LogP contribution in [0.4, 0.5) is 8.78 Å². The molecule has 1 unspecified atom stereocenters. The lowest BCUT2D eigenvalue weighted by atomic mass is 9.95. The van der Waals surface area contributed by atoms with E-state index >= 15 is 0 Å². The lowest BCUT2D eigenvalue weighted by molar-refractivity contribution is 0.385. The van der Waals surface area contributed by atoms with E-state index in [0.29, 0.717) is 0 Å². The van der Waals surface area contributed by atoms with Gasteiger partial charge in [0.2, 0.25) is 0 Å². The van der Waals surface area contributed by atoms with Gasteiger partial charge in [0, 0.05) is 0 Å². The van der Waals surface area contributed by atoms with Crippen molar-refractivity contribution in [2.24, 2.45) is 0 Å². The van der Waals surface area contributed by atoms with E-state index < -0.39 is 5.82 Å². The molecule has 106 valence electrons. The molecule has 0 saturated carbocycles. The Bertz CT molecular complexity index is 613. The van der Waals surface area contributed by atoms with Crippen molar-refractivity contribution in [3.05, 3.63) is 64.7 Å². The fraction of sp³-hybridized carbons (Fsp3) is 0.250. The van der Waals surface area contributed by atoms with Crippen LogP contribution in [-0.2, 0) is 0 Å². The van der Waals surface area contributed by atoms with Gasteiger partial charge in [-0.2, -0.15) is 0 Å². The topological polar surface area (TPSA) is 21.3 Å². The van der Waals surface area contributed by atoms with Crippen molar-refractivity contribution in [3.63, 3.8) is 0 Å². The second-order valence-electron chi connectivity index (χ2n) is 4.62. The van der Waals surface area contributed by atoms with Crippen LogP contribution in [0.15, 0.2) is 36.4 Å². The fourth-order valence-corrected chi connectivity index (χ4v) is 2.28. The largest absolute Gasteiger partial charge is 0.494 e. The van der Waals surface area contributed by atoms with Crippen LogP contribution >= 0.6 is 0 Å². The number of rotatable bonds is 4. The number of ether oxygens (including phenoxy) is 1. The predicted octanol–water partition coefficient (Wildman–Crippen LogP) is 3.59. The number of benzene rings is 2. The first kappa shape index (κ1) is 14.5. The summed E-state index contributed by atoms with van der Waals surface area (Å²) in [6.07, 6.45) is 0. The zero-order valence-corrected chi connectivity index (χ0v) is 11.7. The molecule has 0 aliphatic rings. The van der Waals surface area contributed by atoms with Gasteiger partial charge in [0.25, 0.3) is 0 Å². The molecule has 2 nitrogen and oxygen atoms in total. The molecule has 0 aliphatic carbocycles. The highest BCUT2D eigenvalue weighted by Crippen LogP contribution is 2.29. The Labute approximate surface area is 117 Å². The van der Waals surface area contributed by atoms with E-state index in [-0.39, 0.29) is 17.6 Å². The molecule has 2 rings (SSSR count). The van der Waals surface area contributed by atoms with Gasteiger partial charge in [-0.25, -0.2) is 8.78 Å². The van der Waals surface area contributed by atoms with Crippen molar-refractivity contribution < 1.29 is 13.5 Å². The van der Waals surface area contributed by atoms with Crippen molar-refractivity contribution in [1.82, 2.24) is 5.32 Å². The van der Waals surface area contributed by atoms with Gasteiger partial charge >= 0.3 is 0 Å². The molecule has 2 aromatic rings. The van der Waals surface area contributed by atoms with Gasteiger partial charge in [0.1, 0.15) is 5.82 Å². The zero-order valence-electron chi connectivity index (χ0n) is 11.7. The molecule has 4 heteroatoms. The van der Waals surface area contributed by atoms with Gasteiger partial charge in [0.05, 0.1) is 13.2 Å². The lowest BCUT2D eigenvalue weighted by Gasteiger charge is -2.20. The standard InChI is InChI=1S/C16H17F2NO/c1-10-4-6-12(17)9-13(10)16(19-2)11-5-7-14(18)15(8-11)20-3/h4-9,16,19H,1-3H3. The predicted molar refractivity (Wildman–Crippen MR) is 75.0 cm³/mol. The van der Waals surface area contributed by atoms with E-state index in [9.17, 15) is 8.78 Å². The first-order valence-electron chi connectivity index (χ1n) is 6.33. The molecule has 2 aromatic carbocycles. The van der Waals surface area contributed by atoms with E-state index in [1.165, 1.54) is 25.3 Å². The van der Waals surface area contributed by atoms with Crippen LogP contribution in [0, 0.1) is 18.6 Å². The Hall–Kier alpha value is -1.94. The molecule has 0 saturated heterocycles. The first-order chi connectivity index (χ1) is 9.56. The smallest absolute Gasteiger partial charge is 0.165 e. The highest BCUT2D eigenvalue weighted by atomic mass is 19.1. The van der Waals surface area contributed by atoms with E-state index in [1.54, 1.807) is 25.2 Å². The first-order valence-corrected chi connectivity index (χ1v) is 6.33. The lowest BCUT2D eigenvalue weighted by Crippen LogP contribution is -2.19. The summed E-state index contributed by atoms with van der Waals surface area (Å²) in [4.78, 5) is 0. The third-order valence-corrected chi connectivity index (χ3v) is 3.35. The summed E-state index contributed by atoms with van der Waals surface area (Å²) in [6.45, 7) is 1.92. The molecule has 0 spiro atoms. The van der Waals surface area contributed by atoms with Gasteiger partial charge in [-0.1, -0.05) is 12.1 Å². The van der Waals surface area contributed by atoms with Crippen LogP contribution in [0.3, 0.4) is 0 Å². The maximum absolute atomic E-state index is 13.5. The van der Waals surface area contributed by atoms with Crippen LogP contribution in [0.2, 0.25) is 0 Å². The third kappa shape index (κ3) is 2.80. The summed E-state index contributed by atoms with van der Waals surface area (Å²) < 4.78 is 31.9. The number of nitrogens with one attached hydrogen (secondary N) is 1. The Morgan fingerprint density at radius 1 is 1.10 bits per heavy atom. The van der Waals surface area contributed by atoms with Gasteiger partial charge in [0.15, 0.2) is 11.6 Å². The monoisotopic (exact) mass is 277 g/mol. The number of halogens is 2. The molecule has 0 fully saturated rings. The minimum Gasteiger partial charge on any atom is -0.494 e. The second kappa shape index (κ2) is 6.01. The van der Waals surface area contributed by atoms with E-state index in [1.807, 2.05) is 6.92 Å². The van der Waals surface area contributed by atoms with Gasteiger partial charge in [-0.05, 0) is 54.9 Å². The second-order valence-corrected chi connectivity index (χ2v) is 4.62. The van der Waals surface area contributed by atoms with E-state index in [2.05, 4.69) is 5.32 Å². The van der Waals surface area contributed by atoms with Gasteiger partial charge in [-0.15, -0.1) is 0 Å². The summed E-state index contributed by atoms with van der Waals surface area (Å²) in [5.74, 6) is -0.529. The minimum absolute atomic E-state index is 0.178. The molecule has 20 heavy (non-hydrogen) atoms. The van der Waals surface area contributed by atoms with Crippen molar-refractivity contribution >= 4 is 0 Å². The summed E-state index contributed by atoms with van der Waals surface area (Å²) in [5.41, 5.74) is 2.61. The number of hydrogen-bond acceptors (Lipinski definition) is 2. The summed E-state index contributed by atoms with van der Waals surface area (Å²) in [6, 6.07) is 9.08. The molecule has 0 heterocycles. The van der Waals surface area contributed by atoms with Crippen LogP contribution < -0.4 is 10.1 Å². The minimum atomic E-state index is -0.415. The number of aryl methyl sites for hydroxylation is 1. The molecule has 0 aromatic heterocycles. The normalized spacial score (nSPS) is 12.2. The van der Waals surface area contributed by atoms with Crippen LogP contribution in [-0.4, -0.2) is 14.2 Å². The molecule has 0 aliphatic heterocycles. The Kier molecular flexibility index (Phi) is 4.35. The highest BCUT2D eigenvalue weighted by Gasteiger charge is 2.17. The van der Waals surface area contributed by atoms with Crippen molar-refractivity contribution in [2.45, 2.75) is 13.0 Å². The molecular formula is C16H17F2NO. The number of hydrogen-bond donors (Lipinski definition) is 1. The third-order valence-electron chi connectivity index (χ3n) is 3.35. The Balaban J connectivity index is 2.49. The van der Waals surface area contributed by atoms with Crippen LogP contribution in [0.25, 0.3) is 0 Å². The molecule has 0 bridgehead atoms. The van der Waals surface area contributed by atoms with E-state index in [4.69, 9.17) is 4.74 Å². The van der Waals surface area contributed by atoms with E-state index in [0.717, 1.165) is 16.7 Å². The quantitative estimate of drug-likeness (QED) is 0.922. The Morgan fingerprint density at radius 3 is 2.50 bits per heavy atom. The molecule has 1 N–H and O–H groups in total. The van der Waals surface area contributed by atoms with Crippen LogP contribution in [0.1, 0.15) is 22.7 Å².